The zero-order valence-corrected chi connectivity index (χ0v) is 33.0. The number of amides is 1. The number of nitrogens with one attached hydrogen (secondary N) is 1. The van der Waals surface area contributed by atoms with Crippen LogP contribution in [0.1, 0.15) is 150 Å². The smallest absolute Gasteiger partial charge is 0.305 e. The number of unbranched alkanes of at least 4 members (excludes halogenated alkanes) is 1. The van der Waals surface area contributed by atoms with Crippen LogP contribution in [-0.4, -0.2) is 84.6 Å². The van der Waals surface area contributed by atoms with Crippen LogP contribution in [0.15, 0.2) is 0 Å². The molecule has 0 aromatic carbocycles. The first-order valence-electron chi connectivity index (χ1n) is 21.1. The summed E-state index contributed by atoms with van der Waals surface area (Å²) in [5, 5.41) is 25.1. The lowest BCUT2D eigenvalue weighted by Gasteiger charge is -2.62. The average molecular weight is 719 g/mol. The first-order chi connectivity index (χ1) is 24.4. The fourth-order valence-corrected chi connectivity index (χ4v) is 11.3. The molecule has 9 nitrogen and oxygen atoms in total. The number of aliphatic hydroxyl groups is 2. The predicted molar refractivity (Wildman–Crippen MR) is 201 cm³/mol. The number of fused-ring (bicyclic) bond motifs is 5. The van der Waals surface area contributed by atoms with Crippen LogP contribution in [0, 0.1) is 46.3 Å². The Hall–Kier alpha value is -1.71. The summed E-state index contributed by atoms with van der Waals surface area (Å²) in [7, 11) is 0. The topological polar surface area (TPSA) is 125 Å². The van der Waals surface area contributed by atoms with E-state index in [9.17, 15) is 24.6 Å². The molecular formula is C42H74N2O7. The molecule has 3 N–H and O–H groups in total. The second-order valence-corrected chi connectivity index (χ2v) is 17.5. The van der Waals surface area contributed by atoms with E-state index in [1.165, 1.54) is 25.7 Å². The lowest BCUT2D eigenvalue weighted by molar-refractivity contribution is -0.174. The first-order valence-corrected chi connectivity index (χ1v) is 21.1. The minimum absolute atomic E-state index is 0.125. The van der Waals surface area contributed by atoms with E-state index in [0.717, 1.165) is 90.3 Å². The molecule has 294 valence electrons. The Balaban J connectivity index is 1.18. The van der Waals surface area contributed by atoms with E-state index >= 15 is 0 Å². The Morgan fingerprint density at radius 3 is 2.12 bits per heavy atom. The lowest BCUT2D eigenvalue weighted by Crippen LogP contribution is -2.58. The molecule has 4 fully saturated rings. The molecule has 4 saturated carbocycles. The van der Waals surface area contributed by atoms with Crippen LogP contribution in [-0.2, 0) is 23.9 Å². The standard InChI is InChI=1S/C42H74N2O7/c1-6-8-13-39(49)51-27-11-25-44(24-10-26-50-38(48)12-7-2)23-9-22-43-37(47)17-14-30(3)33-15-16-34-40-35(19-21-42(33,34)5)41(4)20-18-32(45)28-31(41)29-36(40)46/h30-36,40,45-46H,6-29H2,1-5H3,(H,43,47)/t30-,31+,32-,33-,34+,35+,36+,40+,41+,42-/m1/s1. The van der Waals surface area contributed by atoms with Gasteiger partial charge in [0.1, 0.15) is 0 Å². The minimum atomic E-state index is -0.254. The van der Waals surface area contributed by atoms with Crippen LogP contribution in [0.2, 0.25) is 0 Å². The summed E-state index contributed by atoms with van der Waals surface area (Å²) in [6.45, 7) is 15.2. The van der Waals surface area contributed by atoms with Crippen molar-refractivity contribution in [1.29, 1.82) is 0 Å². The van der Waals surface area contributed by atoms with Crippen molar-refractivity contribution in [3.05, 3.63) is 0 Å². The second-order valence-electron chi connectivity index (χ2n) is 17.5. The van der Waals surface area contributed by atoms with Crippen LogP contribution >= 0.6 is 0 Å². The van der Waals surface area contributed by atoms with Gasteiger partial charge in [-0.15, -0.1) is 0 Å². The van der Waals surface area contributed by atoms with E-state index in [0.29, 0.717) is 74.5 Å². The highest BCUT2D eigenvalue weighted by atomic mass is 16.5. The van der Waals surface area contributed by atoms with Gasteiger partial charge in [-0.2, -0.15) is 0 Å². The summed E-state index contributed by atoms with van der Waals surface area (Å²) in [4.78, 5) is 38.9. The number of nitrogens with zero attached hydrogens (tertiary/aromatic N) is 1. The van der Waals surface area contributed by atoms with Gasteiger partial charge in [-0.25, -0.2) is 0 Å². The van der Waals surface area contributed by atoms with Crippen molar-refractivity contribution < 1.29 is 34.1 Å². The van der Waals surface area contributed by atoms with Gasteiger partial charge >= 0.3 is 11.9 Å². The van der Waals surface area contributed by atoms with E-state index in [4.69, 9.17) is 9.47 Å². The van der Waals surface area contributed by atoms with E-state index in [2.05, 4.69) is 37.9 Å². The zero-order chi connectivity index (χ0) is 37.0. The monoisotopic (exact) mass is 719 g/mol. The molecule has 0 aromatic heterocycles. The largest absolute Gasteiger partial charge is 0.466 e. The highest BCUT2D eigenvalue weighted by Crippen LogP contribution is 2.68. The number of carbonyl (C=O) groups excluding carboxylic acids is 3. The Morgan fingerprint density at radius 1 is 0.784 bits per heavy atom. The highest BCUT2D eigenvalue weighted by Gasteiger charge is 2.62. The molecule has 9 heteroatoms. The third-order valence-electron chi connectivity index (χ3n) is 14.2. The molecular weight excluding hydrogens is 644 g/mol. The minimum Gasteiger partial charge on any atom is -0.466 e. The normalized spacial score (nSPS) is 33.5. The van der Waals surface area contributed by atoms with E-state index in [1.807, 2.05) is 6.92 Å². The summed E-state index contributed by atoms with van der Waals surface area (Å²) < 4.78 is 10.7. The molecule has 0 bridgehead atoms. The van der Waals surface area contributed by atoms with Gasteiger partial charge in [0.15, 0.2) is 0 Å². The Morgan fingerprint density at radius 2 is 1.43 bits per heavy atom. The first kappa shape index (κ1) is 42.0. The van der Waals surface area contributed by atoms with Gasteiger partial charge in [0.25, 0.3) is 0 Å². The molecule has 0 radical (unpaired) electrons. The van der Waals surface area contributed by atoms with E-state index < -0.39 is 0 Å². The average Bonchev–Trinajstić information content (AvgIpc) is 3.46. The molecule has 0 aromatic rings. The summed E-state index contributed by atoms with van der Waals surface area (Å²) in [5.41, 5.74) is 0.468. The number of esters is 2. The van der Waals surface area contributed by atoms with Crippen molar-refractivity contribution in [2.75, 3.05) is 39.4 Å². The van der Waals surface area contributed by atoms with E-state index in [-0.39, 0.29) is 40.9 Å². The SMILES string of the molecule is CCCCC(=O)OCCCN(CCCNC(=O)CC[C@@H](C)[C@H]1CC[C@H]2[C@@H]3[C@@H](O)C[C@@H]4C[C@H](O)CC[C@]4(C)[C@H]3CC[C@]12C)CCCOC(=O)CCC. The highest BCUT2D eigenvalue weighted by molar-refractivity contribution is 5.75. The molecule has 51 heavy (non-hydrogen) atoms. The van der Waals surface area contributed by atoms with Crippen LogP contribution in [0.4, 0.5) is 0 Å². The van der Waals surface area contributed by atoms with Crippen LogP contribution < -0.4 is 5.32 Å². The Labute approximate surface area is 309 Å². The van der Waals surface area contributed by atoms with Gasteiger partial charge in [-0.3, -0.25) is 14.4 Å². The zero-order valence-electron chi connectivity index (χ0n) is 33.0. The maximum atomic E-state index is 13.0. The summed E-state index contributed by atoms with van der Waals surface area (Å²) in [6, 6.07) is 0. The van der Waals surface area contributed by atoms with Crippen LogP contribution in [0.25, 0.3) is 0 Å². The fraction of sp³-hybridized carbons (Fsp3) is 0.929. The lowest BCUT2D eigenvalue weighted by atomic mass is 9.43. The molecule has 0 saturated heterocycles. The molecule has 4 aliphatic carbocycles. The molecule has 4 rings (SSSR count). The van der Waals surface area contributed by atoms with Gasteiger partial charge in [-0.05, 0) is 143 Å². The van der Waals surface area contributed by atoms with E-state index in [1.54, 1.807) is 0 Å². The van der Waals surface area contributed by atoms with Gasteiger partial charge < -0.3 is 29.9 Å². The van der Waals surface area contributed by atoms with Crippen LogP contribution in [0.3, 0.4) is 0 Å². The third kappa shape index (κ3) is 11.2. The maximum Gasteiger partial charge on any atom is 0.305 e. The van der Waals surface area contributed by atoms with Crippen molar-refractivity contribution >= 4 is 17.8 Å². The van der Waals surface area contributed by atoms with Crippen molar-refractivity contribution in [2.24, 2.45) is 46.3 Å². The van der Waals surface area contributed by atoms with Gasteiger partial charge in [0.05, 0.1) is 25.4 Å². The number of hydrogen-bond donors (Lipinski definition) is 3. The van der Waals surface area contributed by atoms with Crippen LogP contribution in [0.5, 0.6) is 0 Å². The predicted octanol–water partition coefficient (Wildman–Crippen LogP) is 7.06. The maximum absolute atomic E-state index is 13.0. The summed E-state index contributed by atoms with van der Waals surface area (Å²) in [5.74, 6) is 2.82. The number of rotatable bonds is 21. The summed E-state index contributed by atoms with van der Waals surface area (Å²) in [6.07, 6.45) is 15.4. The molecule has 0 spiro atoms. The fourth-order valence-electron chi connectivity index (χ4n) is 11.3. The molecule has 1 amide bonds. The van der Waals surface area contributed by atoms with Crippen molar-refractivity contribution in [1.82, 2.24) is 10.2 Å². The molecule has 4 aliphatic rings. The third-order valence-corrected chi connectivity index (χ3v) is 14.2. The van der Waals surface area contributed by atoms with Crippen molar-refractivity contribution in [2.45, 2.75) is 162 Å². The number of hydrogen-bond acceptors (Lipinski definition) is 8. The number of ether oxygens (including phenoxy) is 2. The molecule has 0 unspecified atom stereocenters. The van der Waals surface area contributed by atoms with Gasteiger partial charge in [0.2, 0.25) is 5.91 Å². The molecule has 0 aliphatic heterocycles. The Kier molecular flexibility index (Phi) is 16.6. The van der Waals surface area contributed by atoms with Crippen molar-refractivity contribution in [3.63, 3.8) is 0 Å². The van der Waals surface area contributed by atoms with Gasteiger partial charge in [-0.1, -0.05) is 41.0 Å². The molecule has 10 atom stereocenters. The van der Waals surface area contributed by atoms with Crippen molar-refractivity contribution in [3.8, 4) is 0 Å². The quantitative estimate of drug-likeness (QED) is 0.0852. The summed E-state index contributed by atoms with van der Waals surface area (Å²) >= 11 is 0. The Bertz CT molecular complexity index is 1100. The second kappa shape index (κ2) is 20.1. The van der Waals surface area contributed by atoms with Gasteiger partial charge in [0, 0.05) is 38.9 Å². The number of carbonyl (C=O) groups is 3. The number of aliphatic hydroxyl groups excluding tert-OH is 2. The molecule has 0 heterocycles.